The van der Waals surface area contributed by atoms with Crippen LogP contribution < -0.4 is 4.74 Å². The van der Waals surface area contributed by atoms with Crippen molar-refractivity contribution in [2.45, 2.75) is 29.4 Å². The van der Waals surface area contributed by atoms with Gasteiger partial charge in [0.1, 0.15) is 22.7 Å². The summed E-state index contributed by atoms with van der Waals surface area (Å²) in [6.45, 7) is 1.09. The Morgan fingerprint density at radius 1 is 0.620 bits per heavy atom. The molecule has 0 bridgehead atoms. The third-order valence-electron chi connectivity index (χ3n) is 10.1. The molecule has 1 heterocycles. The Balaban J connectivity index is 1.50. The summed E-state index contributed by atoms with van der Waals surface area (Å²) in [5.74, 6) is 0.839. The van der Waals surface area contributed by atoms with Crippen LogP contribution in [0, 0.1) is 11.8 Å². The number of benzene rings is 5. The molecular formula is C44H40Br2O4. The average molecular weight is 793 g/mol. The third-order valence-corrected chi connectivity index (χ3v) is 11.4. The monoisotopic (exact) mass is 790 g/mol. The van der Waals surface area contributed by atoms with Gasteiger partial charge in [-0.2, -0.15) is 0 Å². The van der Waals surface area contributed by atoms with Gasteiger partial charge in [-0.25, -0.2) is 0 Å². The Labute approximate surface area is 311 Å². The summed E-state index contributed by atoms with van der Waals surface area (Å²) >= 11 is 7.81. The number of allylic oxidation sites excluding steroid dienone is 2. The minimum Gasteiger partial charge on any atom is -0.493 e. The van der Waals surface area contributed by atoms with E-state index in [0.717, 1.165) is 68.9 Å². The summed E-state index contributed by atoms with van der Waals surface area (Å²) < 4.78 is 13.3. The molecule has 2 N–H and O–H groups in total. The SMILES string of the molecule is OC(c1ccccc1)(c1ccccc1)c1ccc2c(c1CBr)C1=C(C=CC(C(O)(c3ccccc3)c3ccccc3)C1CBr)OCCCCO2. The van der Waals surface area contributed by atoms with Gasteiger partial charge < -0.3 is 19.7 Å². The van der Waals surface area contributed by atoms with E-state index in [-0.39, 0.29) is 5.92 Å². The average Bonchev–Trinajstić information content (AvgIpc) is 3.19. The molecule has 5 aromatic carbocycles. The Bertz CT molecular complexity index is 1880. The molecule has 0 aromatic heterocycles. The molecule has 1 aliphatic heterocycles. The molecule has 0 saturated heterocycles. The van der Waals surface area contributed by atoms with Crippen molar-refractivity contribution in [3.8, 4) is 5.75 Å². The van der Waals surface area contributed by atoms with Crippen molar-refractivity contribution in [3.05, 3.63) is 190 Å². The van der Waals surface area contributed by atoms with Crippen LogP contribution >= 0.6 is 31.9 Å². The molecule has 254 valence electrons. The largest absolute Gasteiger partial charge is 0.493 e. The summed E-state index contributed by atoms with van der Waals surface area (Å²) in [5.41, 5.74) is 3.78. The minimum atomic E-state index is -1.47. The molecule has 0 saturated carbocycles. The van der Waals surface area contributed by atoms with Crippen LogP contribution in [0.1, 0.15) is 51.8 Å². The normalized spacial score (nSPS) is 18.0. The molecule has 2 aliphatic rings. The summed E-state index contributed by atoms with van der Waals surface area (Å²) in [7, 11) is 0. The molecule has 1 aliphatic carbocycles. The van der Waals surface area contributed by atoms with Gasteiger partial charge in [-0.1, -0.05) is 165 Å². The third kappa shape index (κ3) is 6.17. The minimum absolute atomic E-state index is 0.253. The second kappa shape index (κ2) is 15.1. The molecule has 0 radical (unpaired) electrons. The van der Waals surface area contributed by atoms with Gasteiger partial charge in [-0.3, -0.25) is 0 Å². The van der Waals surface area contributed by atoms with Crippen LogP contribution in [0.2, 0.25) is 0 Å². The van der Waals surface area contributed by atoms with Crippen LogP contribution in [0.3, 0.4) is 0 Å². The highest BCUT2D eigenvalue weighted by Crippen LogP contribution is 2.53. The maximum atomic E-state index is 13.1. The van der Waals surface area contributed by atoms with Crippen molar-refractivity contribution in [1.82, 2.24) is 0 Å². The van der Waals surface area contributed by atoms with Gasteiger partial charge in [0.05, 0.1) is 13.2 Å². The first-order chi connectivity index (χ1) is 24.5. The number of aliphatic hydroxyl groups is 2. The number of alkyl halides is 2. The van der Waals surface area contributed by atoms with E-state index in [1.54, 1.807) is 0 Å². The highest BCUT2D eigenvalue weighted by Gasteiger charge is 2.47. The zero-order chi connectivity index (χ0) is 34.6. The van der Waals surface area contributed by atoms with E-state index in [1.165, 1.54) is 0 Å². The fourth-order valence-corrected chi connectivity index (χ4v) is 8.98. The lowest BCUT2D eigenvalue weighted by molar-refractivity contribution is 0.0228. The van der Waals surface area contributed by atoms with Crippen molar-refractivity contribution < 1.29 is 19.7 Å². The maximum absolute atomic E-state index is 13.1. The number of hydrogen-bond acceptors (Lipinski definition) is 4. The second-order valence-corrected chi connectivity index (χ2v) is 14.1. The van der Waals surface area contributed by atoms with E-state index in [1.807, 2.05) is 140 Å². The Hall–Kier alpha value is -3.94. The zero-order valence-electron chi connectivity index (χ0n) is 27.7. The lowest BCUT2D eigenvalue weighted by Gasteiger charge is -2.43. The van der Waals surface area contributed by atoms with Crippen LogP contribution in [-0.4, -0.2) is 28.8 Å². The Kier molecular flexibility index (Phi) is 10.4. The molecule has 0 fully saturated rings. The molecule has 0 amide bonds. The standard InChI is InChI=1S/C44H40Br2O4/c45-29-35-37(43(47,31-15-5-1-6-16-31)32-17-7-2-8-18-32)23-25-39-41(35)42-36(30-46)38(24-26-40(42)50-28-14-13-27-49-39)44(48,33-19-9-3-10-20-33)34-21-11-4-12-22-34/h1-12,15-26,35,37,47-48H,13-14,27-30H2. The molecule has 7 rings (SSSR count). The number of fused-ring (bicyclic) bond motifs is 2. The lowest BCUT2D eigenvalue weighted by atomic mass is 9.65. The molecule has 50 heavy (non-hydrogen) atoms. The van der Waals surface area contributed by atoms with Gasteiger partial charge in [-0.05, 0) is 58.4 Å². The van der Waals surface area contributed by atoms with E-state index >= 15 is 0 Å². The maximum Gasteiger partial charge on any atom is 0.140 e. The van der Waals surface area contributed by atoms with Crippen molar-refractivity contribution in [3.63, 3.8) is 0 Å². The van der Waals surface area contributed by atoms with Gasteiger partial charge in [0.15, 0.2) is 0 Å². The molecule has 0 spiro atoms. The van der Waals surface area contributed by atoms with Gasteiger partial charge in [0.2, 0.25) is 0 Å². The van der Waals surface area contributed by atoms with Crippen molar-refractivity contribution in [2.75, 3.05) is 18.5 Å². The predicted octanol–water partition coefficient (Wildman–Crippen LogP) is 9.90. The number of ether oxygens (including phenoxy) is 2. The molecule has 4 nitrogen and oxygen atoms in total. The first kappa shape index (κ1) is 34.5. The van der Waals surface area contributed by atoms with E-state index in [2.05, 4.69) is 37.9 Å². The van der Waals surface area contributed by atoms with Crippen molar-refractivity contribution >= 4 is 37.4 Å². The van der Waals surface area contributed by atoms with E-state index in [4.69, 9.17) is 9.47 Å². The fourth-order valence-electron chi connectivity index (χ4n) is 7.68. The van der Waals surface area contributed by atoms with E-state index < -0.39 is 17.1 Å². The van der Waals surface area contributed by atoms with Gasteiger partial charge in [0.25, 0.3) is 0 Å². The van der Waals surface area contributed by atoms with Crippen LogP contribution in [0.25, 0.3) is 5.57 Å². The zero-order valence-corrected chi connectivity index (χ0v) is 30.9. The molecule has 2 unspecified atom stereocenters. The van der Waals surface area contributed by atoms with E-state index in [9.17, 15) is 10.2 Å². The summed E-state index contributed by atoms with van der Waals surface area (Å²) in [4.78, 5) is 0. The molecule has 6 heteroatoms. The summed E-state index contributed by atoms with van der Waals surface area (Å²) in [6, 6.07) is 43.5. The lowest BCUT2D eigenvalue weighted by Crippen LogP contribution is -2.42. The highest BCUT2D eigenvalue weighted by molar-refractivity contribution is 9.09. The number of rotatable bonds is 8. The quantitative estimate of drug-likeness (QED) is 0.121. The molecule has 2 atom stereocenters. The van der Waals surface area contributed by atoms with Gasteiger partial charge >= 0.3 is 0 Å². The molecular weight excluding hydrogens is 752 g/mol. The van der Waals surface area contributed by atoms with Crippen LogP contribution in [0.4, 0.5) is 0 Å². The Morgan fingerprint density at radius 3 is 1.62 bits per heavy atom. The summed E-state index contributed by atoms with van der Waals surface area (Å²) in [6.07, 6.45) is 5.85. The smallest absolute Gasteiger partial charge is 0.140 e. The van der Waals surface area contributed by atoms with Crippen LogP contribution in [0.5, 0.6) is 5.75 Å². The predicted molar refractivity (Wildman–Crippen MR) is 207 cm³/mol. The number of hydrogen-bond donors (Lipinski definition) is 2. The highest BCUT2D eigenvalue weighted by atomic mass is 79.9. The van der Waals surface area contributed by atoms with E-state index in [0.29, 0.717) is 23.9 Å². The second-order valence-electron chi connectivity index (χ2n) is 12.9. The van der Waals surface area contributed by atoms with Crippen molar-refractivity contribution in [1.29, 1.82) is 0 Å². The van der Waals surface area contributed by atoms with Crippen LogP contribution in [-0.2, 0) is 21.3 Å². The van der Waals surface area contributed by atoms with Crippen LogP contribution in [0.15, 0.2) is 151 Å². The number of halogens is 2. The van der Waals surface area contributed by atoms with Gasteiger partial charge in [-0.15, -0.1) is 0 Å². The topological polar surface area (TPSA) is 58.9 Å². The molecule has 5 aromatic rings. The Morgan fingerprint density at radius 2 is 1.12 bits per heavy atom. The first-order valence-corrected chi connectivity index (χ1v) is 19.4. The van der Waals surface area contributed by atoms with Gasteiger partial charge in [0, 0.05) is 33.6 Å². The summed E-state index contributed by atoms with van der Waals surface area (Å²) in [5, 5.41) is 27.2. The fraction of sp³-hybridized carbons (Fsp3) is 0.227. The first-order valence-electron chi connectivity index (χ1n) is 17.1. The van der Waals surface area contributed by atoms with Crippen molar-refractivity contribution in [2.24, 2.45) is 11.8 Å².